The molecule has 0 heteroatoms. The second-order valence-electron chi connectivity index (χ2n) is 4.02. The number of rotatable bonds is 4. The van der Waals surface area contributed by atoms with Crippen LogP contribution in [0.3, 0.4) is 0 Å². The molecule has 0 aromatic rings. The Hall–Kier alpha value is -1.30. The van der Waals surface area contributed by atoms with Gasteiger partial charge in [0.1, 0.15) is 0 Å². The van der Waals surface area contributed by atoms with Crippen LogP contribution in [0, 0.1) is 5.41 Å². The molecular formula is C14H18. The number of allylic oxidation sites excluding steroid dienone is 7. The summed E-state index contributed by atoms with van der Waals surface area (Å²) in [6.45, 7) is 13.8. The summed E-state index contributed by atoms with van der Waals surface area (Å²) in [5, 5.41) is 0. The molecule has 0 heterocycles. The van der Waals surface area contributed by atoms with Crippen LogP contribution in [0.2, 0.25) is 0 Å². The van der Waals surface area contributed by atoms with E-state index in [0.29, 0.717) is 0 Å². The Morgan fingerprint density at radius 2 is 2.07 bits per heavy atom. The van der Waals surface area contributed by atoms with Gasteiger partial charge in [0, 0.05) is 5.41 Å². The Balaban J connectivity index is 2.92. The summed E-state index contributed by atoms with van der Waals surface area (Å²) in [5.41, 5.74) is 2.50. The molecule has 74 valence electrons. The third-order valence-corrected chi connectivity index (χ3v) is 2.53. The number of hydrogen-bond acceptors (Lipinski definition) is 0. The van der Waals surface area contributed by atoms with Crippen molar-refractivity contribution < 1.29 is 0 Å². The van der Waals surface area contributed by atoms with Gasteiger partial charge in [0.15, 0.2) is 0 Å². The van der Waals surface area contributed by atoms with Crippen molar-refractivity contribution >= 4 is 0 Å². The zero-order chi connectivity index (χ0) is 10.6. The average Bonchev–Trinajstić information content (AvgIpc) is 2.13. The Labute approximate surface area is 87.0 Å². The van der Waals surface area contributed by atoms with E-state index in [4.69, 9.17) is 0 Å². The molecule has 1 aliphatic carbocycles. The monoisotopic (exact) mass is 186 g/mol. The molecule has 0 N–H and O–H groups in total. The fraction of sp³-hybridized carbons (Fsp3) is 0.286. The van der Waals surface area contributed by atoms with Crippen LogP contribution >= 0.6 is 0 Å². The maximum atomic E-state index is 4.01. The fourth-order valence-electron chi connectivity index (χ4n) is 1.72. The molecule has 1 aliphatic rings. The van der Waals surface area contributed by atoms with Gasteiger partial charge in [0.25, 0.3) is 0 Å². The van der Waals surface area contributed by atoms with Gasteiger partial charge in [-0.2, -0.15) is 0 Å². The number of hydrogen-bond donors (Lipinski definition) is 0. The Bertz CT molecular complexity index is 315. The fourth-order valence-corrected chi connectivity index (χ4v) is 1.72. The molecule has 14 heavy (non-hydrogen) atoms. The van der Waals surface area contributed by atoms with Crippen molar-refractivity contribution in [3.8, 4) is 0 Å². The lowest BCUT2D eigenvalue weighted by Crippen LogP contribution is -2.13. The molecule has 0 aliphatic heterocycles. The predicted octanol–water partition coefficient (Wildman–Crippen LogP) is 4.20. The molecule has 0 fully saturated rings. The average molecular weight is 186 g/mol. The highest BCUT2D eigenvalue weighted by molar-refractivity contribution is 5.45. The van der Waals surface area contributed by atoms with Crippen LogP contribution in [-0.2, 0) is 0 Å². The molecule has 1 rings (SSSR count). The van der Waals surface area contributed by atoms with Crippen molar-refractivity contribution in [2.45, 2.75) is 19.8 Å². The molecule has 0 bridgehead atoms. The van der Waals surface area contributed by atoms with E-state index >= 15 is 0 Å². The normalized spacial score (nSPS) is 25.8. The van der Waals surface area contributed by atoms with E-state index < -0.39 is 0 Å². The van der Waals surface area contributed by atoms with Crippen molar-refractivity contribution in [2.75, 3.05) is 0 Å². The zero-order valence-electron chi connectivity index (χ0n) is 8.92. The standard InChI is InChI=1S/C14H18/c1-5-7-13-11-14(4,9-6-2)10-8-12(13)3/h5-6,8,10-11H,1-3,7,9H2,4H3. The molecule has 0 aromatic heterocycles. The summed E-state index contributed by atoms with van der Waals surface area (Å²) < 4.78 is 0. The summed E-state index contributed by atoms with van der Waals surface area (Å²) in [6.07, 6.45) is 12.3. The molecule has 0 amide bonds. The maximum absolute atomic E-state index is 4.01. The Kier molecular flexibility index (Phi) is 3.29. The lowest BCUT2D eigenvalue weighted by Gasteiger charge is -2.26. The van der Waals surface area contributed by atoms with Gasteiger partial charge in [0.05, 0.1) is 0 Å². The predicted molar refractivity (Wildman–Crippen MR) is 64.1 cm³/mol. The lowest BCUT2D eigenvalue weighted by atomic mass is 9.78. The van der Waals surface area contributed by atoms with E-state index in [1.165, 1.54) is 5.57 Å². The first-order valence-electron chi connectivity index (χ1n) is 4.93. The van der Waals surface area contributed by atoms with Crippen molar-refractivity contribution in [1.82, 2.24) is 0 Å². The summed E-state index contributed by atoms with van der Waals surface area (Å²) in [4.78, 5) is 0. The second kappa shape index (κ2) is 4.28. The minimum absolute atomic E-state index is 0.112. The lowest BCUT2D eigenvalue weighted by molar-refractivity contribution is 0.553. The Morgan fingerprint density at radius 3 is 2.64 bits per heavy atom. The molecule has 1 atom stereocenters. The van der Waals surface area contributed by atoms with Crippen LogP contribution in [0.25, 0.3) is 0 Å². The minimum Gasteiger partial charge on any atom is -0.103 e. The van der Waals surface area contributed by atoms with Gasteiger partial charge in [-0.05, 0) is 24.0 Å². The van der Waals surface area contributed by atoms with Gasteiger partial charge in [-0.25, -0.2) is 0 Å². The van der Waals surface area contributed by atoms with Crippen molar-refractivity contribution in [1.29, 1.82) is 0 Å². The maximum Gasteiger partial charge on any atom is 0.00764 e. The van der Waals surface area contributed by atoms with Crippen LogP contribution in [-0.4, -0.2) is 0 Å². The van der Waals surface area contributed by atoms with Crippen molar-refractivity contribution in [3.05, 3.63) is 61.3 Å². The first kappa shape index (κ1) is 10.8. The molecule has 0 saturated heterocycles. The van der Waals surface area contributed by atoms with Crippen LogP contribution in [0.5, 0.6) is 0 Å². The highest BCUT2D eigenvalue weighted by atomic mass is 14.2. The van der Waals surface area contributed by atoms with E-state index in [2.05, 4.69) is 44.9 Å². The molecule has 0 nitrogen and oxygen atoms in total. The smallest absolute Gasteiger partial charge is 0.00764 e. The van der Waals surface area contributed by atoms with Gasteiger partial charge >= 0.3 is 0 Å². The molecule has 0 aromatic carbocycles. The SMILES string of the molecule is C=CCC1=CC(C)(CC=C)C=CC1=C. The molecule has 0 spiro atoms. The molecule has 1 unspecified atom stereocenters. The van der Waals surface area contributed by atoms with Gasteiger partial charge in [-0.3, -0.25) is 0 Å². The molecule has 0 radical (unpaired) electrons. The summed E-state index contributed by atoms with van der Waals surface area (Å²) >= 11 is 0. The summed E-state index contributed by atoms with van der Waals surface area (Å²) in [7, 11) is 0. The van der Waals surface area contributed by atoms with Gasteiger partial charge in [0.2, 0.25) is 0 Å². The van der Waals surface area contributed by atoms with E-state index in [-0.39, 0.29) is 5.41 Å². The van der Waals surface area contributed by atoms with E-state index in [1.54, 1.807) is 0 Å². The largest absolute Gasteiger partial charge is 0.103 e. The summed E-state index contributed by atoms with van der Waals surface area (Å²) in [5.74, 6) is 0. The zero-order valence-corrected chi connectivity index (χ0v) is 8.92. The van der Waals surface area contributed by atoms with Crippen LogP contribution in [0.1, 0.15) is 19.8 Å². The summed E-state index contributed by atoms with van der Waals surface area (Å²) in [6, 6.07) is 0. The quantitative estimate of drug-likeness (QED) is 0.577. The first-order chi connectivity index (χ1) is 6.61. The van der Waals surface area contributed by atoms with Crippen LogP contribution in [0.4, 0.5) is 0 Å². The van der Waals surface area contributed by atoms with E-state index in [0.717, 1.165) is 18.4 Å². The van der Waals surface area contributed by atoms with E-state index in [9.17, 15) is 0 Å². The van der Waals surface area contributed by atoms with Gasteiger partial charge < -0.3 is 0 Å². The van der Waals surface area contributed by atoms with Crippen molar-refractivity contribution in [2.24, 2.45) is 5.41 Å². The van der Waals surface area contributed by atoms with Crippen LogP contribution in [0.15, 0.2) is 61.3 Å². The van der Waals surface area contributed by atoms with Crippen molar-refractivity contribution in [3.63, 3.8) is 0 Å². The molecule has 0 saturated carbocycles. The third-order valence-electron chi connectivity index (χ3n) is 2.53. The Morgan fingerprint density at radius 1 is 1.36 bits per heavy atom. The van der Waals surface area contributed by atoms with Gasteiger partial charge in [-0.15, -0.1) is 13.2 Å². The highest BCUT2D eigenvalue weighted by Gasteiger charge is 2.20. The first-order valence-corrected chi connectivity index (χ1v) is 4.93. The van der Waals surface area contributed by atoms with Gasteiger partial charge in [-0.1, -0.05) is 43.9 Å². The molecular weight excluding hydrogens is 168 g/mol. The van der Waals surface area contributed by atoms with Crippen LogP contribution < -0.4 is 0 Å². The van der Waals surface area contributed by atoms with E-state index in [1.807, 2.05) is 12.2 Å². The highest BCUT2D eigenvalue weighted by Crippen LogP contribution is 2.34. The third kappa shape index (κ3) is 2.35. The minimum atomic E-state index is 0.112. The topological polar surface area (TPSA) is 0 Å². The second-order valence-corrected chi connectivity index (χ2v) is 4.02.